The van der Waals surface area contributed by atoms with Gasteiger partial charge < -0.3 is 5.32 Å². The Balaban J connectivity index is 1.94. The van der Waals surface area contributed by atoms with Gasteiger partial charge in [0.2, 0.25) is 0 Å². The number of nitrogens with one attached hydrogen (secondary N) is 1. The molecule has 0 aliphatic rings. The quantitative estimate of drug-likeness (QED) is 0.549. The minimum atomic E-state index is -4.90. The van der Waals surface area contributed by atoms with E-state index < -0.39 is 23.5 Å². The van der Waals surface area contributed by atoms with Crippen molar-refractivity contribution in [2.45, 2.75) is 12.4 Å². The second kappa shape index (κ2) is 6.30. The maximum atomic E-state index is 12.8. The molecule has 132 valence electrons. The first-order chi connectivity index (χ1) is 11.6. The summed E-state index contributed by atoms with van der Waals surface area (Å²) in [5, 5.41) is 6.60. The molecule has 1 N–H and O–H groups in total. The standard InChI is InChI=1S/C14H7F6N3S2/c15-13(16,17)7-3-8(14(18,19)20)5-9(4-7)22-12-23-10(6-25-12)11-21-1-2-24-11/h1-6H,(H,22,23). The summed E-state index contributed by atoms with van der Waals surface area (Å²) >= 11 is 2.37. The Bertz CT molecular complexity index is 835. The van der Waals surface area contributed by atoms with Crippen LogP contribution in [0.15, 0.2) is 35.2 Å². The molecule has 0 unspecified atom stereocenters. The number of anilines is 2. The summed E-state index contributed by atoms with van der Waals surface area (Å²) in [6.45, 7) is 0. The lowest BCUT2D eigenvalue weighted by Gasteiger charge is -2.14. The molecule has 0 aliphatic carbocycles. The van der Waals surface area contributed by atoms with Crippen LogP contribution < -0.4 is 5.32 Å². The molecule has 2 aromatic heterocycles. The van der Waals surface area contributed by atoms with E-state index in [0.29, 0.717) is 22.8 Å². The molecule has 0 amide bonds. The number of rotatable bonds is 3. The van der Waals surface area contributed by atoms with Crippen molar-refractivity contribution in [1.82, 2.24) is 9.97 Å². The molecular formula is C14H7F6N3S2. The van der Waals surface area contributed by atoms with Gasteiger partial charge in [0, 0.05) is 22.6 Å². The third-order valence-electron chi connectivity index (χ3n) is 2.99. The van der Waals surface area contributed by atoms with E-state index in [1.165, 1.54) is 11.3 Å². The molecule has 0 saturated heterocycles. The fourth-order valence-corrected chi connectivity index (χ4v) is 3.32. The van der Waals surface area contributed by atoms with Gasteiger partial charge in [0.1, 0.15) is 10.7 Å². The van der Waals surface area contributed by atoms with Crippen molar-refractivity contribution in [3.8, 4) is 10.7 Å². The van der Waals surface area contributed by atoms with Crippen LogP contribution in [0.5, 0.6) is 0 Å². The first kappa shape index (κ1) is 17.7. The van der Waals surface area contributed by atoms with Crippen LogP contribution in [0.25, 0.3) is 10.7 Å². The zero-order valence-corrected chi connectivity index (χ0v) is 13.6. The molecule has 0 saturated carbocycles. The monoisotopic (exact) mass is 395 g/mol. The van der Waals surface area contributed by atoms with Gasteiger partial charge in [-0.3, -0.25) is 0 Å². The first-order valence-corrected chi connectivity index (χ1v) is 8.31. The average molecular weight is 395 g/mol. The summed E-state index contributed by atoms with van der Waals surface area (Å²) in [4.78, 5) is 8.16. The highest BCUT2D eigenvalue weighted by Crippen LogP contribution is 2.38. The van der Waals surface area contributed by atoms with Crippen molar-refractivity contribution in [1.29, 1.82) is 0 Å². The molecule has 0 radical (unpaired) electrons. The summed E-state index contributed by atoms with van der Waals surface area (Å²) in [6, 6.07) is 1.30. The highest BCUT2D eigenvalue weighted by atomic mass is 32.1. The summed E-state index contributed by atoms with van der Waals surface area (Å²) < 4.78 is 77.1. The minimum absolute atomic E-state index is 0.0774. The normalized spacial score (nSPS) is 12.4. The molecule has 3 aromatic rings. The van der Waals surface area contributed by atoms with E-state index in [2.05, 4.69) is 15.3 Å². The predicted octanol–water partition coefficient (Wildman–Crippen LogP) is 6.05. The predicted molar refractivity (Wildman–Crippen MR) is 83.0 cm³/mol. The average Bonchev–Trinajstić information content (AvgIpc) is 3.15. The first-order valence-electron chi connectivity index (χ1n) is 6.55. The molecule has 0 fully saturated rings. The van der Waals surface area contributed by atoms with Crippen LogP contribution in [0, 0.1) is 0 Å². The van der Waals surface area contributed by atoms with Crippen LogP contribution in [-0.4, -0.2) is 9.97 Å². The molecule has 3 rings (SSSR count). The fraction of sp³-hybridized carbons (Fsp3) is 0.143. The van der Waals surface area contributed by atoms with Gasteiger partial charge in [-0.25, -0.2) is 9.97 Å². The van der Waals surface area contributed by atoms with Gasteiger partial charge in [-0.1, -0.05) is 0 Å². The van der Waals surface area contributed by atoms with Crippen molar-refractivity contribution in [3.05, 3.63) is 46.3 Å². The molecule has 0 aliphatic heterocycles. The molecule has 11 heteroatoms. The van der Waals surface area contributed by atoms with Crippen LogP contribution in [-0.2, 0) is 12.4 Å². The number of hydrogen-bond donors (Lipinski definition) is 1. The van der Waals surface area contributed by atoms with Crippen molar-refractivity contribution in [2.24, 2.45) is 0 Å². The zero-order chi connectivity index (χ0) is 18.2. The van der Waals surface area contributed by atoms with Gasteiger partial charge in [0.05, 0.1) is 11.1 Å². The topological polar surface area (TPSA) is 37.8 Å². The number of aromatic nitrogens is 2. The largest absolute Gasteiger partial charge is 0.416 e. The van der Waals surface area contributed by atoms with Gasteiger partial charge in [-0.15, -0.1) is 22.7 Å². The Hall–Kier alpha value is -2.14. The van der Waals surface area contributed by atoms with Crippen molar-refractivity contribution >= 4 is 33.5 Å². The van der Waals surface area contributed by atoms with Crippen molar-refractivity contribution in [2.75, 3.05) is 5.32 Å². The Morgan fingerprint density at radius 1 is 0.880 bits per heavy atom. The van der Waals surface area contributed by atoms with Crippen LogP contribution >= 0.6 is 22.7 Å². The number of alkyl halides is 6. The maximum absolute atomic E-state index is 12.8. The Morgan fingerprint density at radius 3 is 2.04 bits per heavy atom. The summed E-state index contributed by atoms with van der Waals surface area (Å²) in [6.07, 6.45) is -8.23. The maximum Gasteiger partial charge on any atom is 0.416 e. The highest BCUT2D eigenvalue weighted by Gasteiger charge is 2.37. The number of hydrogen-bond acceptors (Lipinski definition) is 5. The van der Waals surface area contributed by atoms with E-state index in [0.717, 1.165) is 11.3 Å². The van der Waals surface area contributed by atoms with E-state index >= 15 is 0 Å². The molecule has 0 bridgehead atoms. The zero-order valence-electron chi connectivity index (χ0n) is 11.9. The van der Waals surface area contributed by atoms with E-state index in [9.17, 15) is 26.3 Å². The van der Waals surface area contributed by atoms with E-state index in [-0.39, 0.29) is 16.9 Å². The summed E-state index contributed by atoms with van der Waals surface area (Å²) in [5.74, 6) is 0. The second-order valence-corrected chi connectivity index (χ2v) is 6.55. The number of benzene rings is 1. The SMILES string of the molecule is FC(F)(F)c1cc(Nc2nc(-c3nccs3)cs2)cc(C(F)(F)F)c1. The van der Waals surface area contributed by atoms with E-state index in [1.54, 1.807) is 17.0 Å². The minimum Gasteiger partial charge on any atom is -0.332 e. The van der Waals surface area contributed by atoms with Gasteiger partial charge in [0.25, 0.3) is 0 Å². The molecule has 25 heavy (non-hydrogen) atoms. The number of halogens is 6. The van der Waals surface area contributed by atoms with Crippen LogP contribution in [0.3, 0.4) is 0 Å². The lowest BCUT2D eigenvalue weighted by atomic mass is 10.1. The Kier molecular flexibility index (Phi) is 4.45. The lowest BCUT2D eigenvalue weighted by molar-refractivity contribution is -0.143. The van der Waals surface area contributed by atoms with Gasteiger partial charge >= 0.3 is 12.4 Å². The van der Waals surface area contributed by atoms with Gasteiger partial charge in [-0.05, 0) is 18.2 Å². The molecule has 3 nitrogen and oxygen atoms in total. The third kappa shape index (κ3) is 4.10. The molecule has 1 aromatic carbocycles. The van der Waals surface area contributed by atoms with Gasteiger partial charge in [-0.2, -0.15) is 26.3 Å². The summed E-state index contributed by atoms with van der Waals surface area (Å²) in [5.41, 5.74) is -2.63. The summed E-state index contributed by atoms with van der Waals surface area (Å²) in [7, 11) is 0. The van der Waals surface area contributed by atoms with Crippen LogP contribution in [0.2, 0.25) is 0 Å². The van der Waals surface area contributed by atoms with E-state index in [1.807, 2.05) is 0 Å². The highest BCUT2D eigenvalue weighted by molar-refractivity contribution is 7.15. The Morgan fingerprint density at radius 2 is 1.52 bits per heavy atom. The smallest absolute Gasteiger partial charge is 0.332 e. The second-order valence-electron chi connectivity index (χ2n) is 4.79. The van der Waals surface area contributed by atoms with E-state index in [4.69, 9.17) is 0 Å². The van der Waals surface area contributed by atoms with Crippen LogP contribution in [0.4, 0.5) is 37.2 Å². The van der Waals surface area contributed by atoms with Crippen LogP contribution in [0.1, 0.15) is 11.1 Å². The van der Waals surface area contributed by atoms with Crippen molar-refractivity contribution in [3.63, 3.8) is 0 Å². The molecule has 0 atom stereocenters. The fourth-order valence-electron chi connectivity index (χ4n) is 1.93. The molecule has 2 heterocycles. The molecular weight excluding hydrogens is 388 g/mol. The van der Waals surface area contributed by atoms with Gasteiger partial charge in [0.15, 0.2) is 5.13 Å². The molecule has 0 spiro atoms. The Labute approximate surface area is 145 Å². The lowest BCUT2D eigenvalue weighted by Crippen LogP contribution is -2.11. The number of nitrogens with zero attached hydrogens (tertiary/aromatic N) is 2. The number of thiazole rings is 2. The van der Waals surface area contributed by atoms with Crippen molar-refractivity contribution < 1.29 is 26.3 Å². The third-order valence-corrected chi connectivity index (χ3v) is 4.55.